The first-order chi connectivity index (χ1) is 9.31. The topological polar surface area (TPSA) is 24.5 Å². The fourth-order valence-electron chi connectivity index (χ4n) is 2.74. The molecule has 108 valence electrons. The van der Waals surface area contributed by atoms with Crippen molar-refractivity contribution in [2.45, 2.75) is 32.9 Å². The van der Waals surface area contributed by atoms with Crippen LogP contribution < -0.4 is 5.32 Å². The molecule has 0 radical (unpaired) electrons. The third kappa shape index (κ3) is 4.88. The van der Waals surface area contributed by atoms with Crippen LogP contribution in [0.2, 0.25) is 0 Å². The molecule has 1 unspecified atom stereocenters. The van der Waals surface area contributed by atoms with Crippen molar-refractivity contribution < 1.29 is 4.74 Å². The van der Waals surface area contributed by atoms with Crippen molar-refractivity contribution in [1.29, 1.82) is 0 Å². The first kappa shape index (κ1) is 15.0. The second-order valence-electron chi connectivity index (χ2n) is 5.35. The number of nitrogens with one attached hydrogen (secondary N) is 1. The van der Waals surface area contributed by atoms with E-state index < -0.39 is 0 Å². The van der Waals surface area contributed by atoms with Crippen LogP contribution in [0.1, 0.15) is 29.5 Å². The Morgan fingerprint density at radius 3 is 3.05 bits per heavy atom. The molecule has 1 N–H and O–H groups in total. The van der Waals surface area contributed by atoms with E-state index in [4.69, 9.17) is 4.74 Å². The molecule has 0 saturated carbocycles. The summed E-state index contributed by atoms with van der Waals surface area (Å²) in [6.07, 6.45) is 2.63. The van der Waals surface area contributed by atoms with Crippen LogP contribution in [0.15, 0.2) is 12.1 Å². The Hall–Kier alpha value is -0.420. The van der Waals surface area contributed by atoms with Crippen molar-refractivity contribution in [3.05, 3.63) is 21.9 Å². The first-order valence-corrected chi connectivity index (χ1v) is 8.13. The summed E-state index contributed by atoms with van der Waals surface area (Å²) < 4.78 is 5.30. The minimum Gasteiger partial charge on any atom is -0.384 e. The van der Waals surface area contributed by atoms with Crippen LogP contribution in [-0.2, 0) is 17.8 Å². The number of hydrogen-bond acceptors (Lipinski definition) is 4. The molecule has 1 atom stereocenters. The number of nitrogens with zero attached hydrogens (tertiary/aromatic N) is 1. The van der Waals surface area contributed by atoms with Crippen LogP contribution >= 0.6 is 11.3 Å². The average Bonchev–Trinajstić information content (AvgIpc) is 2.85. The summed E-state index contributed by atoms with van der Waals surface area (Å²) in [5.41, 5.74) is 0. The van der Waals surface area contributed by atoms with Crippen molar-refractivity contribution >= 4 is 11.3 Å². The molecule has 1 aliphatic rings. The van der Waals surface area contributed by atoms with Crippen molar-refractivity contribution in [1.82, 2.24) is 10.2 Å². The molecule has 1 aromatic rings. The molecule has 1 aromatic heterocycles. The van der Waals surface area contributed by atoms with E-state index in [0.717, 1.165) is 32.2 Å². The highest BCUT2D eigenvalue weighted by Crippen LogP contribution is 2.22. The Morgan fingerprint density at radius 2 is 2.26 bits per heavy atom. The molecule has 0 aromatic carbocycles. The summed E-state index contributed by atoms with van der Waals surface area (Å²) >= 11 is 1.95. The predicted molar refractivity (Wildman–Crippen MR) is 81.6 cm³/mol. The fraction of sp³-hybridized carbons (Fsp3) is 0.733. The Morgan fingerprint density at radius 1 is 1.42 bits per heavy atom. The number of rotatable bonds is 7. The Balaban J connectivity index is 1.81. The zero-order valence-electron chi connectivity index (χ0n) is 12.2. The molecule has 2 rings (SSSR count). The van der Waals surface area contributed by atoms with Gasteiger partial charge in [-0.05, 0) is 44.0 Å². The van der Waals surface area contributed by atoms with E-state index in [-0.39, 0.29) is 0 Å². The summed E-state index contributed by atoms with van der Waals surface area (Å²) in [7, 11) is 1.81. The van der Waals surface area contributed by atoms with Crippen LogP contribution in [0, 0.1) is 5.92 Å². The zero-order valence-corrected chi connectivity index (χ0v) is 13.0. The SMILES string of the molecule is CCNCc1ccc(CN2CCCC(COC)C2)s1. The molecule has 0 aliphatic carbocycles. The van der Waals surface area contributed by atoms with Crippen molar-refractivity contribution in [2.24, 2.45) is 5.92 Å². The summed E-state index contributed by atoms with van der Waals surface area (Å²) in [4.78, 5) is 5.52. The van der Waals surface area contributed by atoms with E-state index in [1.807, 2.05) is 18.4 Å². The Kier molecular flexibility index (Phi) is 6.31. The van der Waals surface area contributed by atoms with Gasteiger partial charge in [-0.3, -0.25) is 4.90 Å². The number of likely N-dealkylation sites (tertiary alicyclic amines) is 1. The van der Waals surface area contributed by atoms with Gasteiger partial charge in [-0.2, -0.15) is 0 Å². The van der Waals surface area contributed by atoms with E-state index in [0.29, 0.717) is 0 Å². The molecule has 3 nitrogen and oxygen atoms in total. The maximum absolute atomic E-state index is 5.30. The summed E-state index contributed by atoms with van der Waals surface area (Å²) in [6.45, 7) is 8.64. The third-order valence-corrected chi connectivity index (χ3v) is 4.72. The smallest absolute Gasteiger partial charge is 0.0502 e. The van der Waals surface area contributed by atoms with E-state index in [1.165, 1.54) is 35.7 Å². The highest BCUT2D eigenvalue weighted by atomic mass is 32.1. The van der Waals surface area contributed by atoms with Gasteiger partial charge in [-0.1, -0.05) is 6.92 Å². The predicted octanol–water partition coefficient (Wildman–Crippen LogP) is 2.72. The third-order valence-electron chi connectivity index (χ3n) is 3.65. The molecule has 1 saturated heterocycles. The molecule has 0 amide bonds. The normalized spacial score (nSPS) is 20.8. The van der Waals surface area contributed by atoms with Gasteiger partial charge in [0.05, 0.1) is 6.61 Å². The van der Waals surface area contributed by atoms with Gasteiger partial charge in [0.1, 0.15) is 0 Å². The number of methoxy groups -OCH3 is 1. The van der Waals surface area contributed by atoms with E-state index in [9.17, 15) is 0 Å². The minimum atomic E-state index is 0.722. The van der Waals surface area contributed by atoms with Gasteiger partial charge < -0.3 is 10.1 Å². The van der Waals surface area contributed by atoms with Gasteiger partial charge in [-0.25, -0.2) is 0 Å². The van der Waals surface area contributed by atoms with Crippen LogP contribution in [-0.4, -0.2) is 38.3 Å². The first-order valence-electron chi connectivity index (χ1n) is 7.31. The highest BCUT2D eigenvalue weighted by molar-refractivity contribution is 7.11. The maximum atomic E-state index is 5.30. The van der Waals surface area contributed by atoms with Gasteiger partial charge in [-0.15, -0.1) is 11.3 Å². The van der Waals surface area contributed by atoms with Gasteiger partial charge in [0.15, 0.2) is 0 Å². The monoisotopic (exact) mass is 282 g/mol. The molecule has 0 spiro atoms. The molecule has 2 heterocycles. The fourth-order valence-corrected chi connectivity index (χ4v) is 3.77. The lowest BCUT2D eigenvalue weighted by molar-refractivity contribution is 0.0878. The zero-order chi connectivity index (χ0) is 13.5. The molecular weight excluding hydrogens is 256 g/mol. The van der Waals surface area contributed by atoms with Crippen LogP contribution in [0.4, 0.5) is 0 Å². The van der Waals surface area contributed by atoms with Gasteiger partial charge in [0, 0.05) is 36.5 Å². The number of ether oxygens (including phenoxy) is 1. The van der Waals surface area contributed by atoms with Crippen molar-refractivity contribution in [3.8, 4) is 0 Å². The van der Waals surface area contributed by atoms with Crippen LogP contribution in [0.25, 0.3) is 0 Å². The second kappa shape index (κ2) is 8.00. The lowest BCUT2D eigenvalue weighted by atomic mass is 9.99. The lowest BCUT2D eigenvalue weighted by Gasteiger charge is -2.31. The Bertz CT molecular complexity index is 365. The summed E-state index contributed by atoms with van der Waals surface area (Å²) in [5, 5.41) is 3.39. The number of piperidine rings is 1. The molecule has 1 fully saturated rings. The number of thiophene rings is 1. The number of hydrogen-bond donors (Lipinski definition) is 1. The summed E-state index contributed by atoms with van der Waals surface area (Å²) in [6, 6.07) is 4.55. The van der Waals surface area contributed by atoms with Crippen LogP contribution in [0.3, 0.4) is 0 Å². The average molecular weight is 282 g/mol. The lowest BCUT2D eigenvalue weighted by Crippen LogP contribution is -2.36. The Labute approximate surface area is 121 Å². The molecule has 1 aliphatic heterocycles. The van der Waals surface area contributed by atoms with Gasteiger partial charge in [0.2, 0.25) is 0 Å². The van der Waals surface area contributed by atoms with E-state index in [1.54, 1.807) is 0 Å². The molecular formula is C15H26N2OS. The summed E-state index contributed by atoms with van der Waals surface area (Å²) in [5.74, 6) is 0.722. The molecule has 0 bridgehead atoms. The largest absolute Gasteiger partial charge is 0.384 e. The van der Waals surface area contributed by atoms with Crippen molar-refractivity contribution in [3.63, 3.8) is 0 Å². The quantitative estimate of drug-likeness (QED) is 0.832. The van der Waals surface area contributed by atoms with E-state index in [2.05, 4.69) is 29.3 Å². The second-order valence-corrected chi connectivity index (χ2v) is 6.60. The molecule has 4 heteroatoms. The molecule has 19 heavy (non-hydrogen) atoms. The van der Waals surface area contributed by atoms with Gasteiger partial charge in [0.25, 0.3) is 0 Å². The maximum Gasteiger partial charge on any atom is 0.0502 e. The van der Waals surface area contributed by atoms with E-state index >= 15 is 0 Å². The minimum absolute atomic E-state index is 0.722. The standard InChI is InChI=1S/C15H26N2OS/c1-3-16-9-14-6-7-15(19-14)11-17-8-4-5-13(10-17)12-18-2/h6-7,13,16H,3-5,8-12H2,1-2H3. The van der Waals surface area contributed by atoms with Crippen molar-refractivity contribution in [2.75, 3.05) is 33.4 Å². The van der Waals surface area contributed by atoms with Gasteiger partial charge >= 0.3 is 0 Å². The van der Waals surface area contributed by atoms with Crippen LogP contribution in [0.5, 0.6) is 0 Å². The highest BCUT2D eigenvalue weighted by Gasteiger charge is 2.20.